The number of nitrogens with one attached hydrogen (secondary N) is 1. The van der Waals surface area contributed by atoms with Gasteiger partial charge < -0.3 is 15.0 Å². The van der Waals surface area contributed by atoms with Gasteiger partial charge in [-0.05, 0) is 36.5 Å². The second-order valence-electron chi connectivity index (χ2n) is 5.04. The highest BCUT2D eigenvalue weighted by molar-refractivity contribution is 7.89. The summed E-state index contributed by atoms with van der Waals surface area (Å²) in [5, 5.41) is 3.69. The van der Waals surface area contributed by atoms with Gasteiger partial charge in [0.2, 0.25) is 10.0 Å². The molecular formula is C15H21N3O3S2. The van der Waals surface area contributed by atoms with Crippen molar-refractivity contribution in [3.8, 4) is 5.75 Å². The van der Waals surface area contributed by atoms with Crippen molar-refractivity contribution < 1.29 is 13.2 Å². The number of hydrogen-bond acceptors (Lipinski definition) is 4. The third kappa shape index (κ3) is 4.21. The molecule has 1 aromatic rings. The van der Waals surface area contributed by atoms with Crippen molar-refractivity contribution in [3.05, 3.63) is 36.9 Å². The number of hydrogen-bond donors (Lipinski definition) is 1. The van der Waals surface area contributed by atoms with Crippen LogP contribution in [-0.2, 0) is 10.0 Å². The van der Waals surface area contributed by atoms with Crippen LogP contribution in [0.5, 0.6) is 5.75 Å². The van der Waals surface area contributed by atoms with Crippen molar-refractivity contribution in [1.29, 1.82) is 0 Å². The highest BCUT2D eigenvalue weighted by Crippen LogP contribution is 2.20. The molecule has 0 aliphatic carbocycles. The molecule has 0 amide bonds. The lowest BCUT2D eigenvalue weighted by atomic mass is 10.3. The molecule has 1 heterocycles. The summed E-state index contributed by atoms with van der Waals surface area (Å²) in [6.07, 6.45) is 1.73. The topological polar surface area (TPSA) is 61.9 Å². The van der Waals surface area contributed by atoms with E-state index in [1.54, 1.807) is 37.5 Å². The standard InChI is InChI=1S/C15H21N3O3S2/c1-3-8-16-15(22)17-9-11-18(12-10-17)23(19,20)14-6-4-13(21-2)5-7-14/h3-7H,1,8-12H2,2H3,(H,16,22). The van der Waals surface area contributed by atoms with E-state index in [9.17, 15) is 8.42 Å². The minimum Gasteiger partial charge on any atom is -0.497 e. The summed E-state index contributed by atoms with van der Waals surface area (Å²) in [7, 11) is -1.93. The number of benzene rings is 1. The maximum absolute atomic E-state index is 12.6. The van der Waals surface area contributed by atoms with Gasteiger partial charge >= 0.3 is 0 Å². The summed E-state index contributed by atoms with van der Waals surface area (Å²) in [4.78, 5) is 2.25. The first kappa shape index (κ1) is 17.7. The van der Waals surface area contributed by atoms with E-state index in [4.69, 9.17) is 17.0 Å². The van der Waals surface area contributed by atoms with Gasteiger partial charge in [0.05, 0.1) is 12.0 Å². The number of methoxy groups -OCH3 is 1. The van der Waals surface area contributed by atoms with E-state index < -0.39 is 10.0 Å². The summed E-state index contributed by atoms with van der Waals surface area (Å²) in [5.41, 5.74) is 0. The number of thiocarbonyl (C=S) groups is 1. The normalized spacial score (nSPS) is 16.0. The molecule has 0 bridgehead atoms. The summed E-state index contributed by atoms with van der Waals surface area (Å²) in [5.74, 6) is 0.632. The van der Waals surface area contributed by atoms with Crippen molar-refractivity contribution in [2.75, 3.05) is 39.8 Å². The average molecular weight is 355 g/mol. The first-order valence-corrected chi connectivity index (χ1v) is 9.11. The molecule has 2 rings (SSSR count). The van der Waals surface area contributed by atoms with Crippen LogP contribution in [0.2, 0.25) is 0 Å². The molecule has 23 heavy (non-hydrogen) atoms. The summed E-state index contributed by atoms with van der Waals surface area (Å²) < 4.78 is 31.8. The van der Waals surface area contributed by atoms with E-state index in [-0.39, 0.29) is 4.90 Å². The van der Waals surface area contributed by atoms with Crippen LogP contribution >= 0.6 is 12.2 Å². The van der Waals surface area contributed by atoms with Gasteiger partial charge in [-0.2, -0.15) is 4.31 Å². The van der Waals surface area contributed by atoms with Crippen LogP contribution in [0.15, 0.2) is 41.8 Å². The van der Waals surface area contributed by atoms with Gasteiger partial charge in [0.1, 0.15) is 5.75 Å². The third-order valence-corrected chi connectivity index (χ3v) is 5.94. The molecule has 0 atom stereocenters. The second kappa shape index (κ2) is 7.76. The quantitative estimate of drug-likeness (QED) is 0.630. The Morgan fingerprint density at radius 3 is 2.43 bits per heavy atom. The first-order valence-electron chi connectivity index (χ1n) is 7.27. The Morgan fingerprint density at radius 2 is 1.91 bits per heavy atom. The molecule has 126 valence electrons. The molecule has 8 heteroatoms. The summed E-state index contributed by atoms with van der Waals surface area (Å²) >= 11 is 5.28. The molecule has 0 aromatic heterocycles. The molecule has 6 nitrogen and oxygen atoms in total. The molecule has 1 aromatic carbocycles. The molecule has 0 spiro atoms. The third-order valence-electron chi connectivity index (χ3n) is 3.62. The Bertz CT molecular complexity index is 651. The first-order chi connectivity index (χ1) is 11.0. The highest BCUT2D eigenvalue weighted by Gasteiger charge is 2.29. The van der Waals surface area contributed by atoms with Crippen molar-refractivity contribution in [3.63, 3.8) is 0 Å². The zero-order valence-corrected chi connectivity index (χ0v) is 14.7. The number of piperazine rings is 1. The van der Waals surface area contributed by atoms with E-state index in [0.717, 1.165) is 0 Å². The van der Waals surface area contributed by atoms with Crippen LogP contribution in [0.4, 0.5) is 0 Å². The van der Waals surface area contributed by atoms with Gasteiger partial charge in [-0.1, -0.05) is 6.08 Å². The van der Waals surface area contributed by atoms with Crippen LogP contribution in [0.3, 0.4) is 0 Å². The van der Waals surface area contributed by atoms with Gasteiger partial charge in [0.15, 0.2) is 5.11 Å². The van der Waals surface area contributed by atoms with Crippen LogP contribution in [-0.4, -0.2) is 62.6 Å². The Hall–Kier alpha value is -1.64. The number of nitrogens with zero attached hydrogens (tertiary/aromatic N) is 2. The van der Waals surface area contributed by atoms with Crippen molar-refractivity contribution in [1.82, 2.24) is 14.5 Å². The van der Waals surface area contributed by atoms with E-state index in [2.05, 4.69) is 11.9 Å². The molecule has 0 radical (unpaired) electrons. The molecule has 1 aliphatic rings. The molecule has 1 fully saturated rings. The zero-order valence-electron chi connectivity index (χ0n) is 13.1. The zero-order chi connectivity index (χ0) is 16.9. The van der Waals surface area contributed by atoms with Gasteiger partial charge in [-0.25, -0.2) is 8.42 Å². The predicted octanol–water partition coefficient (Wildman–Crippen LogP) is 1.06. The molecular weight excluding hydrogens is 334 g/mol. The maximum atomic E-state index is 12.6. The van der Waals surface area contributed by atoms with Gasteiger partial charge in [-0.15, -0.1) is 6.58 Å². The Labute approximate surface area is 142 Å². The molecule has 0 saturated carbocycles. The van der Waals surface area contributed by atoms with Crippen LogP contribution in [0.1, 0.15) is 0 Å². The predicted molar refractivity (Wildman–Crippen MR) is 94.1 cm³/mol. The minimum absolute atomic E-state index is 0.277. The fourth-order valence-corrected chi connectivity index (χ4v) is 3.99. The summed E-state index contributed by atoms with van der Waals surface area (Å²) in [6.45, 7) is 6.18. The van der Waals surface area contributed by atoms with Crippen LogP contribution in [0.25, 0.3) is 0 Å². The summed E-state index contributed by atoms with van der Waals surface area (Å²) in [6, 6.07) is 6.43. The maximum Gasteiger partial charge on any atom is 0.243 e. The van der Waals surface area contributed by atoms with Crippen molar-refractivity contribution >= 4 is 27.4 Å². The van der Waals surface area contributed by atoms with Gasteiger partial charge in [0, 0.05) is 32.7 Å². The number of sulfonamides is 1. The van der Waals surface area contributed by atoms with E-state index in [1.165, 1.54) is 4.31 Å². The Kier molecular flexibility index (Phi) is 5.97. The Balaban J connectivity index is 2.00. The van der Waals surface area contributed by atoms with Crippen LogP contribution < -0.4 is 10.1 Å². The smallest absolute Gasteiger partial charge is 0.243 e. The SMILES string of the molecule is C=CCNC(=S)N1CCN(S(=O)(=O)c2ccc(OC)cc2)CC1. The van der Waals surface area contributed by atoms with E-state index in [1.807, 2.05) is 4.90 Å². The second-order valence-corrected chi connectivity index (χ2v) is 7.37. The van der Waals surface area contributed by atoms with Gasteiger partial charge in [-0.3, -0.25) is 0 Å². The Morgan fingerprint density at radius 1 is 1.30 bits per heavy atom. The fraction of sp³-hybridized carbons (Fsp3) is 0.400. The molecule has 1 aliphatic heterocycles. The lowest BCUT2D eigenvalue weighted by molar-refractivity contribution is 0.264. The average Bonchev–Trinajstić information content (AvgIpc) is 2.59. The number of rotatable bonds is 5. The largest absolute Gasteiger partial charge is 0.497 e. The van der Waals surface area contributed by atoms with E-state index >= 15 is 0 Å². The molecule has 1 saturated heterocycles. The molecule has 1 N–H and O–H groups in total. The van der Waals surface area contributed by atoms with E-state index in [0.29, 0.717) is 43.6 Å². The molecule has 0 unspecified atom stereocenters. The monoisotopic (exact) mass is 355 g/mol. The lowest BCUT2D eigenvalue weighted by Crippen LogP contribution is -2.53. The lowest BCUT2D eigenvalue weighted by Gasteiger charge is -2.35. The van der Waals surface area contributed by atoms with Crippen LogP contribution in [0, 0.1) is 0 Å². The number of ether oxygens (including phenoxy) is 1. The van der Waals surface area contributed by atoms with Crippen molar-refractivity contribution in [2.45, 2.75) is 4.90 Å². The minimum atomic E-state index is -3.48. The fourth-order valence-electron chi connectivity index (χ4n) is 2.30. The highest BCUT2D eigenvalue weighted by atomic mass is 32.2. The van der Waals surface area contributed by atoms with Crippen molar-refractivity contribution in [2.24, 2.45) is 0 Å². The van der Waals surface area contributed by atoms with Gasteiger partial charge in [0.25, 0.3) is 0 Å².